The Kier molecular flexibility index (Phi) is 5.16. The minimum Gasteiger partial charge on any atom is -0.398 e. The smallest absolute Gasteiger partial charge is 0.241 e. The number of anilines is 2. The number of nitrogens with two attached hydrogens (primary N) is 1. The van der Waals surface area contributed by atoms with E-state index in [1.807, 2.05) is 26.0 Å². The van der Waals surface area contributed by atoms with Crippen LogP contribution >= 0.6 is 0 Å². The third-order valence-corrected chi connectivity index (χ3v) is 3.29. The van der Waals surface area contributed by atoms with Gasteiger partial charge in [0.1, 0.15) is 0 Å². The highest BCUT2D eigenvalue weighted by atomic mass is 16.2. The number of amides is 1. The molecule has 1 amide bonds. The van der Waals surface area contributed by atoms with E-state index in [4.69, 9.17) is 5.73 Å². The molecule has 0 aliphatic heterocycles. The van der Waals surface area contributed by atoms with Gasteiger partial charge >= 0.3 is 0 Å². The number of nitrogen functional groups attached to an aromatic ring is 1. The average Bonchev–Trinajstić information content (AvgIpc) is 2.35. The maximum absolute atomic E-state index is 12.1. The van der Waals surface area contributed by atoms with Gasteiger partial charge in [0.05, 0.1) is 6.04 Å². The van der Waals surface area contributed by atoms with Crippen LogP contribution < -0.4 is 11.1 Å². The molecule has 4 heteroatoms. The fraction of sp³-hybridized carbons (Fsp3) is 0.500. The van der Waals surface area contributed by atoms with Gasteiger partial charge in [0.25, 0.3) is 0 Å². The highest BCUT2D eigenvalue weighted by molar-refractivity contribution is 5.95. The molecule has 0 aliphatic rings. The molecule has 0 heterocycles. The molecule has 1 atom stereocenters. The molecule has 0 saturated heterocycles. The molecular formula is C14H23N3O. The lowest BCUT2D eigenvalue weighted by molar-refractivity contribution is -0.120. The first kappa shape index (κ1) is 14.5. The van der Waals surface area contributed by atoms with Crippen molar-refractivity contribution in [3.8, 4) is 0 Å². The predicted molar refractivity (Wildman–Crippen MR) is 76.6 cm³/mol. The number of nitrogens with zero attached hydrogens (tertiary/aromatic N) is 1. The molecule has 1 rings (SSSR count). The van der Waals surface area contributed by atoms with Crippen LogP contribution in [0.15, 0.2) is 18.2 Å². The first-order valence-electron chi connectivity index (χ1n) is 6.40. The molecule has 0 bridgehead atoms. The molecule has 3 N–H and O–H groups in total. The Labute approximate surface area is 109 Å². The zero-order valence-corrected chi connectivity index (χ0v) is 11.7. The van der Waals surface area contributed by atoms with Crippen molar-refractivity contribution in [1.29, 1.82) is 0 Å². The van der Waals surface area contributed by atoms with E-state index < -0.39 is 0 Å². The fourth-order valence-corrected chi connectivity index (χ4v) is 1.90. The van der Waals surface area contributed by atoms with Crippen molar-refractivity contribution in [2.24, 2.45) is 0 Å². The van der Waals surface area contributed by atoms with Crippen molar-refractivity contribution >= 4 is 17.3 Å². The SMILES string of the molecule is CCN(CC)C(C)C(=O)Nc1ccc(C)c(N)c1. The van der Waals surface area contributed by atoms with Crippen molar-refractivity contribution in [3.05, 3.63) is 23.8 Å². The van der Waals surface area contributed by atoms with Crippen molar-refractivity contribution in [1.82, 2.24) is 4.90 Å². The third-order valence-electron chi connectivity index (χ3n) is 3.29. The predicted octanol–water partition coefficient (Wildman–Crippen LogP) is 2.25. The van der Waals surface area contributed by atoms with Gasteiger partial charge in [0, 0.05) is 11.4 Å². The highest BCUT2D eigenvalue weighted by Crippen LogP contribution is 2.17. The van der Waals surface area contributed by atoms with Crippen LogP contribution in [0.1, 0.15) is 26.3 Å². The van der Waals surface area contributed by atoms with Gasteiger partial charge in [-0.3, -0.25) is 9.69 Å². The number of hydrogen-bond acceptors (Lipinski definition) is 3. The number of rotatable bonds is 5. The molecule has 0 saturated carbocycles. The lowest BCUT2D eigenvalue weighted by atomic mass is 10.2. The summed E-state index contributed by atoms with van der Waals surface area (Å²) in [4.78, 5) is 14.2. The van der Waals surface area contributed by atoms with Gasteiger partial charge < -0.3 is 11.1 Å². The van der Waals surface area contributed by atoms with Crippen molar-refractivity contribution in [2.75, 3.05) is 24.1 Å². The maximum Gasteiger partial charge on any atom is 0.241 e. The number of likely N-dealkylation sites (N-methyl/N-ethyl adjacent to an activating group) is 1. The van der Waals surface area contributed by atoms with E-state index in [9.17, 15) is 4.79 Å². The van der Waals surface area contributed by atoms with E-state index in [2.05, 4.69) is 24.1 Å². The molecule has 0 radical (unpaired) electrons. The van der Waals surface area contributed by atoms with Gasteiger partial charge in [-0.05, 0) is 44.6 Å². The topological polar surface area (TPSA) is 58.4 Å². The van der Waals surface area contributed by atoms with Crippen molar-refractivity contribution in [3.63, 3.8) is 0 Å². The first-order chi connectivity index (χ1) is 8.49. The van der Waals surface area contributed by atoms with Crippen LogP contribution in [0, 0.1) is 6.92 Å². The molecule has 1 aromatic rings. The number of benzene rings is 1. The average molecular weight is 249 g/mol. The summed E-state index contributed by atoms with van der Waals surface area (Å²) in [6.45, 7) is 9.69. The summed E-state index contributed by atoms with van der Waals surface area (Å²) in [6.07, 6.45) is 0. The molecule has 1 aromatic carbocycles. The van der Waals surface area contributed by atoms with Gasteiger partial charge in [-0.25, -0.2) is 0 Å². The van der Waals surface area contributed by atoms with Crippen LogP contribution in [-0.2, 0) is 4.79 Å². The summed E-state index contributed by atoms with van der Waals surface area (Å²) in [7, 11) is 0. The fourth-order valence-electron chi connectivity index (χ4n) is 1.90. The first-order valence-corrected chi connectivity index (χ1v) is 6.40. The molecule has 4 nitrogen and oxygen atoms in total. The summed E-state index contributed by atoms with van der Waals surface area (Å²) in [5, 5.41) is 2.90. The standard InChI is InChI=1S/C14H23N3O/c1-5-17(6-2)11(4)14(18)16-12-8-7-10(3)13(15)9-12/h7-9,11H,5-6,15H2,1-4H3,(H,16,18). The van der Waals surface area contributed by atoms with Gasteiger partial charge in [-0.1, -0.05) is 19.9 Å². The van der Waals surface area contributed by atoms with E-state index in [-0.39, 0.29) is 11.9 Å². The second-order valence-corrected chi connectivity index (χ2v) is 4.46. The number of carbonyl (C=O) groups is 1. The summed E-state index contributed by atoms with van der Waals surface area (Å²) in [5.41, 5.74) is 8.29. The van der Waals surface area contributed by atoms with Crippen molar-refractivity contribution in [2.45, 2.75) is 33.7 Å². The minimum atomic E-state index is -0.137. The van der Waals surface area contributed by atoms with E-state index in [1.54, 1.807) is 6.07 Å². The summed E-state index contributed by atoms with van der Waals surface area (Å²) < 4.78 is 0. The highest BCUT2D eigenvalue weighted by Gasteiger charge is 2.18. The number of hydrogen-bond donors (Lipinski definition) is 2. The minimum absolute atomic E-state index is 0.00181. The summed E-state index contributed by atoms with van der Waals surface area (Å²) in [5.74, 6) is 0.00181. The Morgan fingerprint density at radius 3 is 2.50 bits per heavy atom. The molecule has 18 heavy (non-hydrogen) atoms. The quantitative estimate of drug-likeness (QED) is 0.787. The molecule has 0 aromatic heterocycles. The Hall–Kier alpha value is -1.55. The van der Waals surface area contributed by atoms with Crippen LogP contribution in [0.3, 0.4) is 0 Å². The number of carbonyl (C=O) groups excluding carboxylic acids is 1. The van der Waals surface area contributed by atoms with Crippen LogP contribution in [0.4, 0.5) is 11.4 Å². The van der Waals surface area contributed by atoms with Crippen LogP contribution in [0.25, 0.3) is 0 Å². The van der Waals surface area contributed by atoms with E-state index in [1.165, 1.54) is 0 Å². The Balaban J connectivity index is 2.72. The zero-order valence-electron chi connectivity index (χ0n) is 11.7. The molecule has 0 spiro atoms. The number of nitrogens with one attached hydrogen (secondary N) is 1. The van der Waals surface area contributed by atoms with Crippen molar-refractivity contribution < 1.29 is 4.79 Å². The van der Waals surface area contributed by atoms with E-state index in [0.29, 0.717) is 5.69 Å². The Morgan fingerprint density at radius 1 is 1.39 bits per heavy atom. The zero-order chi connectivity index (χ0) is 13.7. The Bertz CT molecular complexity index is 414. The third kappa shape index (κ3) is 3.47. The number of aryl methyl sites for hydroxylation is 1. The van der Waals surface area contributed by atoms with Crippen LogP contribution in [0.2, 0.25) is 0 Å². The normalized spacial score (nSPS) is 12.5. The molecule has 100 valence electrons. The van der Waals surface area contributed by atoms with Gasteiger partial charge in [-0.15, -0.1) is 0 Å². The van der Waals surface area contributed by atoms with Crippen LogP contribution in [-0.4, -0.2) is 29.9 Å². The largest absolute Gasteiger partial charge is 0.398 e. The summed E-state index contributed by atoms with van der Waals surface area (Å²) >= 11 is 0. The molecule has 0 aliphatic carbocycles. The van der Waals surface area contributed by atoms with Gasteiger partial charge in [0.15, 0.2) is 0 Å². The second-order valence-electron chi connectivity index (χ2n) is 4.46. The van der Waals surface area contributed by atoms with Gasteiger partial charge in [-0.2, -0.15) is 0 Å². The summed E-state index contributed by atoms with van der Waals surface area (Å²) in [6, 6.07) is 5.44. The lowest BCUT2D eigenvalue weighted by Crippen LogP contribution is -2.41. The Morgan fingerprint density at radius 2 is 2.00 bits per heavy atom. The lowest BCUT2D eigenvalue weighted by Gasteiger charge is -2.25. The van der Waals surface area contributed by atoms with Gasteiger partial charge in [0.2, 0.25) is 5.91 Å². The monoisotopic (exact) mass is 249 g/mol. The van der Waals surface area contributed by atoms with E-state index in [0.717, 1.165) is 24.3 Å². The van der Waals surface area contributed by atoms with E-state index >= 15 is 0 Å². The molecular weight excluding hydrogens is 226 g/mol. The molecule has 1 unspecified atom stereocenters. The maximum atomic E-state index is 12.1. The second kappa shape index (κ2) is 6.40. The van der Waals surface area contributed by atoms with Crippen LogP contribution in [0.5, 0.6) is 0 Å². The molecule has 0 fully saturated rings.